The molecule has 0 aliphatic heterocycles. The maximum atomic E-state index is 14.2. The first-order chi connectivity index (χ1) is 12.5. The molecular weight excluding hydrogens is 346 g/mol. The highest BCUT2D eigenvalue weighted by Crippen LogP contribution is 2.31. The Kier molecular flexibility index (Phi) is 7.32. The quantitative estimate of drug-likeness (QED) is 0.718. The lowest BCUT2D eigenvalue weighted by molar-refractivity contribution is -0.149. The summed E-state index contributed by atoms with van der Waals surface area (Å²) in [6.07, 6.45) is 1.71. The van der Waals surface area contributed by atoms with Gasteiger partial charge in [-0.05, 0) is 44.7 Å². The summed E-state index contributed by atoms with van der Waals surface area (Å²) in [5.41, 5.74) is 5.14. The summed E-state index contributed by atoms with van der Waals surface area (Å²) in [6, 6.07) is 1.88. The van der Waals surface area contributed by atoms with Crippen molar-refractivity contribution in [3.8, 4) is 5.75 Å². The number of carbonyl (C=O) groups excluding carboxylic acids is 2. The highest BCUT2D eigenvalue weighted by Gasteiger charge is 2.29. The van der Waals surface area contributed by atoms with Gasteiger partial charge in [0.2, 0.25) is 0 Å². The van der Waals surface area contributed by atoms with Crippen LogP contribution in [0.3, 0.4) is 0 Å². The van der Waals surface area contributed by atoms with Crippen LogP contribution in [0, 0.1) is 17.6 Å². The Bertz CT molecular complexity index is 623. The molecule has 0 heterocycles. The van der Waals surface area contributed by atoms with Gasteiger partial charge < -0.3 is 20.5 Å². The third kappa shape index (κ3) is 5.14. The Labute approximate surface area is 151 Å². The number of amides is 1. The Morgan fingerprint density at radius 2 is 1.81 bits per heavy atom. The topological polar surface area (TPSA) is 90.6 Å². The third-order valence-corrected chi connectivity index (χ3v) is 4.27. The van der Waals surface area contributed by atoms with Crippen molar-refractivity contribution in [3.63, 3.8) is 0 Å². The molecule has 2 rings (SSSR count). The molecule has 0 spiro atoms. The molecule has 1 aliphatic carbocycles. The van der Waals surface area contributed by atoms with E-state index in [4.69, 9.17) is 15.2 Å². The van der Waals surface area contributed by atoms with Gasteiger partial charge in [-0.15, -0.1) is 0 Å². The van der Waals surface area contributed by atoms with E-state index in [-0.39, 0.29) is 36.6 Å². The number of benzene rings is 1. The molecule has 1 aliphatic rings. The van der Waals surface area contributed by atoms with Crippen LogP contribution in [-0.2, 0) is 9.53 Å². The van der Waals surface area contributed by atoms with Crippen LogP contribution >= 0.6 is 0 Å². The second-order valence-corrected chi connectivity index (χ2v) is 6.16. The molecule has 0 bridgehead atoms. The first kappa shape index (κ1) is 20.1. The first-order valence-electron chi connectivity index (χ1n) is 8.76. The Morgan fingerprint density at radius 1 is 1.19 bits per heavy atom. The Hall–Kier alpha value is -2.22. The fourth-order valence-electron chi connectivity index (χ4n) is 2.93. The zero-order chi connectivity index (χ0) is 19.1. The van der Waals surface area contributed by atoms with E-state index in [0.717, 1.165) is 12.1 Å². The van der Waals surface area contributed by atoms with E-state index >= 15 is 0 Å². The van der Waals surface area contributed by atoms with Crippen LogP contribution in [0.5, 0.6) is 5.75 Å². The summed E-state index contributed by atoms with van der Waals surface area (Å²) in [5, 5.41) is 2.45. The van der Waals surface area contributed by atoms with Crippen LogP contribution in [-0.4, -0.2) is 37.7 Å². The summed E-state index contributed by atoms with van der Waals surface area (Å²) in [6.45, 7) is 2.52. The lowest BCUT2D eigenvalue weighted by Crippen LogP contribution is -2.30. The summed E-state index contributed by atoms with van der Waals surface area (Å²) in [5.74, 6) is -3.41. The van der Waals surface area contributed by atoms with Crippen LogP contribution in [0.25, 0.3) is 0 Å². The Morgan fingerprint density at radius 3 is 2.35 bits per heavy atom. The molecule has 1 fully saturated rings. The van der Waals surface area contributed by atoms with E-state index in [1.54, 1.807) is 6.92 Å². The number of hydrogen-bond donors (Lipinski definition) is 2. The monoisotopic (exact) mass is 370 g/mol. The van der Waals surface area contributed by atoms with Crippen molar-refractivity contribution < 1.29 is 27.8 Å². The van der Waals surface area contributed by atoms with E-state index in [1.807, 2.05) is 0 Å². The summed E-state index contributed by atoms with van der Waals surface area (Å²) in [7, 11) is 0. The minimum atomic E-state index is -0.935. The molecule has 26 heavy (non-hydrogen) atoms. The third-order valence-electron chi connectivity index (χ3n) is 4.27. The van der Waals surface area contributed by atoms with Gasteiger partial charge in [0.05, 0.1) is 18.6 Å². The first-order valence-corrected chi connectivity index (χ1v) is 8.76. The molecule has 8 heteroatoms. The standard InChI is InChI=1S/C18H24F2N2O4/c1-2-25-18(24)11-3-5-13(6-4-11)26-16-14(19)9-12(10-15(16)20)17(23)22-8-7-21/h9-11,13H,2-8,21H2,1H3,(H,22,23)/t11-,13+. The SMILES string of the molecule is CCOC(=O)[C@H]1CC[C@@H](Oc2c(F)cc(C(=O)NCCN)cc2F)CC1. The molecule has 144 valence electrons. The molecule has 0 radical (unpaired) electrons. The van der Waals surface area contributed by atoms with E-state index < -0.39 is 23.3 Å². The molecule has 1 aromatic rings. The van der Waals surface area contributed by atoms with E-state index in [9.17, 15) is 18.4 Å². The number of esters is 1. The van der Waals surface area contributed by atoms with Crippen LogP contribution in [0.2, 0.25) is 0 Å². The van der Waals surface area contributed by atoms with Crippen molar-refractivity contribution in [2.45, 2.75) is 38.7 Å². The van der Waals surface area contributed by atoms with Crippen molar-refractivity contribution in [3.05, 3.63) is 29.3 Å². The second-order valence-electron chi connectivity index (χ2n) is 6.16. The largest absolute Gasteiger partial charge is 0.484 e. The van der Waals surface area contributed by atoms with Crippen LogP contribution in [0.1, 0.15) is 43.0 Å². The van der Waals surface area contributed by atoms with Crippen molar-refractivity contribution in [1.82, 2.24) is 5.32 Å². The van der Waals surface area contributed by atoms with Crippen molar-refractivity contribution in [2.75, 3.05) is 19.7 Å². The molecule has 3 N–H and O–H groups in total. The van der Waals surface area contributed by atoms with Gasteiger partial charge in [-0.2, -0.15) is 0 Å². The van der Waals surface area contributed by atoms with Gasteiger partial charge in [-0.25, -0.2) is 8.78 Å². The van der Waals surface area contributed by atoms with E-state index in [2.05, 4.69) is 5.32 Å². The number of halogens is 2. The minimum absolute atomic E-state index is 0.133. The number of nitrogens with one attached hydrogen (secondary N) is 1. The molecular formula is C18H24F2N2O4. The van der Waals surface area contributed by atoms with Gasteiger partial charge in [0.1, 0.15) is 0 Å². The van der Waals surface area contributed by atoms with Gasteiger partial charge in [0.15, 0.2) is 17.4 Å². The molecule has 1 amide bonds. The Balaban J connectivity index is 1.98. The van der Waals surface area contributed by atoms with Crippen molar-refractivity contribution in [2.24, 2.45) is 11.7 Å². The number of nitrogens with two attached hydrogens (primary N) is 1. The fourth-order valence-corrected chi connectivity index (χ4v) is 2.93. The highest BCUT2D eigenvalue weighted by atomic mass is 19.1. The minimum Gasteiger partial charge on any atom is -0.484 e. The van der Waals surface area contributed by atoms with Crippen molar-refractivity contribution in [1.29, 1.82) is 0 Å². The molecule has 0 aromatic heterocycles. The number of rotatable bonds is 7. The molecule has 0 unspecified atom stereocenters. The van der Waals surface area contributed by atoms with Crippen LogP contribution in [0.4, 0.5) is 8.78 Å². The zero-order valence-corrected chi connectivity index (χ0v) is 14.7. The van der Waals surface area contributed by atoms with Gasteiger partial charge in [0, 0.05) is 18.7 Å². The van der Waals surface area contributed by atoms with Gasteiger partial charge in [-0.1, -0.05) is 0 Å². The summed E-state index contributed by atoms with van der Waals surface area (Å²) >= 11 is 0. The molecule has 6 nitrogen and oxygen atoms in total. The highest BCUT2D eigenvalue weighted by molar-refractivity contribution is 5.94. The number of ether oxygens (including phenoxy) is 2. The van der Waals surface area contributed by atoms with Crippen molar-refractivity contribution >= 4 is 11.9 Å². The maximum Gasteiger partial charge on any atom is 0.308 e. The zero-order valence-electron chi connectivity index (χ0n) is 14.7. The lowest BCUT2D eigenvalue weighted by Gasteiger charge is -2.28. The maximum absolute atomic E-state index is 14.2. The van der Waals surface area contributed by atoms with E-state index in [1.165, 1.54) is 0 Å². The van der Waals surface area contributed by atoms with E-state index in [0.29, 0.717) is 32.3 Å². The lowest BCUT2D eigenvalue weighted by atomic mass is 9.87. The van der Waals surface area contributed by atoms with Crippen LogP contribution < -0.4 is 15.8 Å². The van der Waals surface area contributed by atoms with Crippen LogP contribution in [0.15, 0.2) is 12.1 Å². The summed E-state index contributed by atoms with van der Waals surface area (Å²) in [4.78, 5) is 23.5. The fraction of sp³-hybridized carbons (Fsp3) is 0.556. The second kappa shape index (κ2) is 9.47. The number of carbonyl (C=O) groups is 2. The van der Waals surface area contributed by atoms with Gasteiger partial charge in [0.25, 0.3) is 5.91 Å². The predicted molar refractivity (Wildman–Crippen MR) is 90.8 cm³/mol. The predicted octanol–water partition coefficient (Wildman–Crippen LogP) is 2.15. The summed E-state index contributed by atoms with van der Waals surface area (Å²) < 4.78 is 38.9. The average molecular weight is 370 g/mol. The smallest absolute Gasteiger partial charge is 0.308 e. The molecule has 0 saturated heterocycles. The van der Waals surface area contributed by atoms with Gasteiger partial charge >= 0.3 is 5.97 Å². The average Bonchev–Trinajstić information content (AvgIpc) is 2.63. The molecule has 1 aromatic carbocycles. The van der Waals surface area contributed by atoms with Gasteiger partial charge in [-0.3, -0.25) is 9.59 Å². The normalized spacial score (nSPS) is 19.7. The number of hydrogen-bond acceptors (Lipinski definition) is 5. The molecule has 1 saturated carbocycles. The molecule has 0 atom stereocenters.